The van der Waals surface area contributed by atoms with E-state index in [1.165, 1.54) is 0 Å². The van der Waals surface area contributed by atoms with Crippen LogP contribution in [-0.4, -0.2) is 50.2 Å². The number of hydrogen-bond acceptors (Lipinski definition) is 6. The molecule has 0 unspecified atom stereocenters. The first kappa shape index (κ1) is 23.6. The van der Waals surface area contributed by atoms with E-state index in [0.29, 0.717) is 11.5 Å². The first-order chi connectivity index (χ1) is 8.48. The van der Waals surface area contributed by atoms with E-state index in [-0.39, 0.29) is 18.3 Å². The molecule has 0 atom stereocenters. The summed E-state index contributed by atoms with van der Waals surface area (Å²) in [7, 11) is 0. The fourth-order valence-corrected chi connectivity index (χ4v) is 0.574. The number of aliphatic hydroxyl groups excluding tert-OH is 1. The first-order valence-corrected chi connectivity index (χ1v) is 6.77. The number of aliphatic hydroxyl groups is 2. The Bertz CT molecular complexity index is 222. The highest BCUT2D eigenvalue weighted by Crippen LogP contribution is 2.15. The lowest BCUT2D eigenvalue weighted by atomic mass is 9.96. The normalized spacial score (nSPS) is 9.89. The summed E-state index contributed by atoms with van der Waals surface area (Å²) in [5, 5.41) is 32.6. The molecule has 0 radical (unpaired) electrons. The van der Waals surface area contributed by atoms with Gasteiger partial charge in [-0.05, 0) is 0 Å². The summed E-state index contributed by atoms with van der Waals surface area (Å²) in [5.74, 6) is -0.722. The Kier molecular flexibility index (Phi) is 17.4. The van der Waals surface area contributed by atoms with Gasteiger partial charge in [0.2, 0.25) is 0 Å². The minimum atomic E-state index is -1.20. The minimum Gasteiger partial charge on any atom is -0.481 e. The molecule has 0 rings (SSSR count). The Morgan fingerprint density at radius 1 is 0.947 bits per heavy atom. The lowest BCUT2D eigenvalue weighted by Gasteiger charge is -2.19. The lowest BCUT2D eigenvalue weighted by Crippen LogP contribution is -2.24. The predicted molar refractivity (Wildman–Crippen MR) is 79.9 cm³/mol. The molecule has 0 fully saturated rings. The molecule has 0 saturated carbocycles. The highest BCUT2D eigenvalue weighted by molar-refractivity contribution is 7.80. The zero-order chi connectivity index (χ0) is 16.1. The van der Waals surface area contributed by atoms with Gasteiger partial charge >= 0.3 is 11.9 Å². The van der Waals surface area contributed by atoms with Crippen molar-refractivity contribution in [3.8, 4) is 0 Å². The van der Waals surface area contributed by atoms with Crippen LogP contribution in [0.2, 0.25) is 0 Å². The zero-order valence-corrected chi connectivity index (χ0v) is 13.2. The Balaban J connectivity index is -0.000000203. The Labute approximate surface area is 124 Å². The quantitative estimate of drug-likeness (QED) is 0.342. The van der Waals surface area contributed by atoms with Crippen LogP contribution in [-0.2, 0) is 9.59 Å². The highest BCUT2D eigenvalue weighted by atomic mass is 32.1. The Hall–Kier alpha value is -0.440. The van der Waals surface area contributed by atoms with Gasteiger partial charge in [0.05, 0.1) is 12.8 Å². The number of aliphatic carboxylic acids is 2. The van der Waals surface area contributed by atoms with Crippen LogP contribution in [0.15, 0.2) is 0 Å². The Morgan fingerprint density at radius 2 is 1.16 bits per heavy atom. The van der Waals surface area contributed by atoms with E-state index in [9.17, 15) is 9.59 Å². The SMILES string of the molecule is CC(C)(C)C(O)O.O=C(O)CCS.O=C(O)CCS. The number of carboxylic acids is 2. The molecule has 0 heterocycles. The van der Waals surface area contributed by atoms with E-state index in [2.05, 4.69) is 25.3 Å². The van der Waals surface area contributed by atoms with Crippen molar-refractivity contribution in [2.45, 2.75) is 39.9 Å². The van der Waals surface area contributed by atoms with Gasteiger partial charge < -0.3 is 20.4 Å². The fraction of sp³-hybridized carbons (Fsp3) is 0.818. The van der Waals surface area contributed by atoms with Gasteiger partial charge in [-0.15, -0.1) is 0 Å². The zero-order valence-electron chi connectivity index (χ0n) is 11.4. The van der Waals surface area contributed by atoms with E-state index in [1.807, 2.05) is 0 Å². The minimum absolute atomic E-state index is 0.156. The number of hydrogen-bond donors (Lipinski definition) is 6. The third-order valence-electron chi connectivity index (χ3n) is 1.43. The molecule has 0 bridgehead atoms. The first-order valence-electron chi connectivity index (χ1n) is 5.50. The standard InChI is InChI=1S/C5H12O2.2C3H6O2S/c1-5(2,3)4(6)7;2*4-3(5)1-2-6/h4,6-7H,1-3H3;2*6H,1-2H2,(H,4,5). The fourth-order valence-electron chi connectivity index (χ4n) is 0.191. The van der Waals surface area contributed by atoms with Gasteiger partial charge in [-0.3, -0.25) is 9.59 Å². The molecule has 6 nitrogen and oxygen atoms in total. The van der Waals surface area contributed by atoms with E-state index in [4.69, 9.17) is 20.4 Å². The summed E-state index contributed by atoms with van der Waals surface area (Å²) in [6.07, 6.45) is -0.890. The van der Waals surface area contributed by atoms with Crippen molar-refractivity contribution in [3.63, 3.8) is 0 Å². The summed E-state index contributed by atoms with van der Waals surface area (Å²) in [4.78, 5) is 19.1. The summed E-state index contributed by atoms with van der Waals surface area (Å²) in [6, 6.07) is 0. The van der Waals surface area contributed by atoms with Crippen LogP contribution in [0, 0.1) is 5.41 Å². The molecular formula is C11H24O6S2. The van der Waals surface area contributed by atoms with Crippen molar-refractivity contribution in [2.75, 3.05) is 11.5 Å². The second kappa shape index (κ2) is 14.0. The van der Waals surface area contributed by atoms with Crippen molar-refractivity contribution >= 4 is 37.2 Å². The van der Waals surface area contributed by atoms with Gasteiger partial charge in [-0.1, -0.05) is 20.8 Å². The van der Waals surface area contributed by atoms with Crippen LogP contribution in [0.1, 0.15) is 33.6 Å². The maximum absolute atomic E-state index is 9.55. The van der Waals surface area contributed by atoms with E-state index < -0.39 is 18.2 Å². The van der Waals surface area contributed by atoms with Gasteiger partial charge in [-0.2, -0.15) is 25.3 Å². The third-order valence-corrected chi connectivity index (χ3v) is 1.87. The van der Waals surface area contributed by atoms with Crippen molar-refractivity contribution in [1.29, 1.82) is 0 Å². The van der Waals surface area contributed by atoms with Crippen LogP contribution >= 0.6 is 25.3 Å². The van der Waals surface area contributed by atoms with Crippen LogP contribution in [0.4, 0.5) is 0 Å². The van der Waals surface area contributed by atoms with Crippen molar-refractivity contribution in [3.05, 3.63) is 0 Å². The topological polar surface area (TPSA) is 115 Å². The van der Waals surface area contributed by atoms with Crippen LogP contribution in [0.5, 0.6) is 0 Å². The van der Waals surface area contributed by atoms with Crippen molar-refractivity contribution in [1.82, 2.24) is 0 Å². The molecule has 0 amide bonds. The number of rotatable bonds is 4. The number of carbonyl (C=O) groups is 2. The van der Waals surface area contributed by atoms with Gasteiger partial charge in [0, 0.05) is 16.9 Å². The van der Waals surface area contributed by atoms with E-state index in [1.54, 1.807) is 20.8 Å². The van der Waals surface area contributed by atoms with Crippen molar-refractivity contribution < 1.29 is 30.0 Å². The van der Waals surface area contributed by atoms with Crippen LogP contribution in [0.25, 0.3) is 0 Å². The highest BCUT2D eigenvalue weighted by Gasteiger charge is 2.18. The second-order valence-corrected chi connectivity index (χ2v) is 5.37. The van der Waals surface area contributed by atoms with Gasteiger partial charge in [0.15, 0.2) is 6.29 Å². The number of thiol groups is 2. The molecule has 4 N–H and O–H groups in total. The largest absolute Gasteiger partial charge is 0.481 e. The smallest absolute Gasteiger partial charge is 0.304 e. The van der Waals surface area contributed by atoms with Crippen LogP contribution < -0.4 is 0 Å². The monoisotopic (exact) mass is 316 g/mol. The molecule has 0 aromatic carbocycles. The van der Waals surface area contributed by atoms with Gasteiger partial charge in [0.1, 0.15) is 0 Å². The second-order valence-electron chi connectivity index (χ2n) is 4.47. The molecule has 8 heteroatoms. The average molecular weight is 316 g/mol. The van der Waals surface area contributed by atoms with E-state index >= 15 is 0 Å². The molecule has 0 aliphatic heterocycles. The maximum Gasteiger partial charge on any atom is 0.304 e. The van der Waals surface area contributed by atoms with Crippen LogP contribution in [0.3, 0.4) is 0 Å². The van der Waals surface area contributed by atoms with E-state index in [0.717, 1.165) is 0 Å². The molecule has 0 aliphatic carbocycles. The molecule has 116 valence electrons. The number of carboxylic acid groups (broad SMARTS) is 2. The molecular weight excluding hydrogens is 292 g/mol. The van der Waals surface area contributed by atoms with Gasteiger partial charge in [-0.25, -0.2) is 0 Å². The molecule has 0 aliphatic rings. The Morgan fingerprint density at radius 3 is 1.16 bits per heavy atom. The van der Waals surface area contributed by atoms with Gasteiger partial charge in [0.25, 0.3) is 0 Å². The third kappa shape index (κ3) is 31.8. The molecule has 0 spiro atoms. The molecule has 0 saturated heterocycles. The summed E-state index contributed by atoms with van der Waals surface area (Å²) in [6.45, 7) is 5.28. The average Bonchev–Trinajstić information content (AvgIpc) is 2.16. The predicted octanol–water partition coefficient (Wildman–Crippen LogP) is 1.12. The summed E-state index contributed by atoms with van der Waals surface area (Å²) in [5.41, 5.74) is -0.389. The maximum atomic E-state index is 9.55. The van der Waals surface area contributed by atoms with Crippen molar-refractivity contribution in [2.24, 2.45) is 5.41 Å². The summed E-state index contributed by atoms with van der Waals surface area (Å²) >= 11 is 7.36. The molecule has 0 aromatic heterocycles. The lowest BCUT2D eigenvalue weighted by molar-refractivity contribution is -0.137. The molecule has 19 heavy (non-hydrogen) atoms. The summed E-state index contributed by atoms with van der Waals surface area (Å²) < 4.78 is 0. The molecule has 0 aromatic rings.